The van der Waals surface area contributed by atoms with E-state index in [1.54, 1.807) is 0 Å². The predicted molar refractivity (Wildman–Crippen MR) is 121 cm³/mol. The monoisotopic (exact) mass is 444 g/mol. The summed E-state index contributed by atoms with van der Waals surface area (Å²) in [5.74, 6) is 3.60. The van der Waals surface area contributed by atoms with Crippen molar-refractivity contribution in [3.05, 3.63) is 35.9 Å². The molecule has 7 rings (SSSR count). The largest absolute Gasteiger partial charge is 0.344 e. The van der Waals surface area contributed by atoms with Crippen LogP contribution in [0.3, 0.4) is 0 Å². The van der Waals surface area contributed by atoms with Gasteiger partial charge < -0.3 is 5.32 Å². The number of imidazole rings is 1. The van der Waals surface area contributed by atoms with Crippen LogP contribution in [-0.2, 0) is 6.54 Å². The van der Waals surface area contributed by atoms with Crippen molar-refractivity contribution in [1.82, 2.24) is 19.6 Å². The zero-order valence-corrected chi connectivity index (χ0v) is 18.7. The van der Waals surface area contributed by atoms with Crippen LogP contribution in [0.2, 0.25) is 0 Å². The van der Waals surface area contributed by atoms with E-state index in [4.69, 9.17) is 4.98 Å². The second kappa shape index (κ2) is 7.20. The molecule has 1 saturated heterocycles. The van der Waals surface area contributed by atoms with Crippen LogP contribution in [0.1, 0.15) is 54.8 Å². The second-order valence-electron chi connectivity index (χ2n) is 10.5. The summed E-state index contributed by atoms with van der Waals surface area (Å²) < 4.78 is 21.7. The quantitative estimate of drug-likeness (QED) is 0.670. The van der Waals surface area contributed by atoms with E-state index < -0.39 is 10.6 Å². The SMILES string of the molecule is O=C(NC12CC3CC(CC(C3)C1)C2)c1nc(CN2CCS(O)(O)CC2)c2ccccn12. The fourth-order valence-electron chi connectivity index (χ4n) is 7.07. The van der Waals surface area contributed by atoms with Crippen molar-refractivity contribution in [1.29, 1.82) is 0 Å². The fourth-order valence-corrected chi connectivity index (χ4v) is 8.38. The van der Waals surface area contributed by atoms with E-state index in [0.717, 1.165) is 48.2 Å². The Bertz CT molecular complexity index is 974. The van der Waals surface area contributed by atoms with E-state index in [1.807, 2.05) is 28.8 Å². The molecule has 4 saturated carbocycles. The lowest BCUT2D eigenvalue weighted by atomic mass is 9.53. The molecule has 5 aliphatic rings. The van der Waals surface area contributed by atoms with Gasteiger partial charge in [0.1, 0.15) is 0 Å². The molecule has 0 unspecified atom stereocenters. The lowest BCUT2D eigenvalue weighted by molar-refractivity contribution is -0.0169. The molecule has 1 amide bonds. The molecule has 2 aromatic rings. The van der Waals surface area contributed by atoms with Gasteiger partial charge in [-0.05, 0) is 68.4 Å². The van der Waals surface area contributed by atoms with Crippen LogP contribution in [0.5, 0.6) is 0 Å². The normalized spacial score (nSPS) is 35.4. The van der Waals surface area contributed by atoms with E-state index in [9.17, 15) is 13.9 Å². The molecule has 8 heteroatoms. The second-order valence-corrected chi connectivity index (χ2v) is 12.9. The van der Waals surface area contributed by atoms with Gasteiger partial charge in [-0.25, -0.2) is 4.98 Å². The van der Waals surface area contributed by atoms with Crippen LogP contribution in [0.4, 0.5) is 0 Å². The maximum absolute atomic E-state index is 13.5. The molecule has 0 atom stereocenters. The van der Waals surface area contributed by atoms with Crippen LogP contribution in [0, 0.1) is 17.8 Å². The van der Waals surface area contributed by atoms with Gasteiger partial charge in [0.15, 0.2) is 0 Å². The van der Waals surface area contributed by atoms with Gasteiger partial charge in [0.25, 0.3) is 5.91 Å². The minimum Gasteiger partial charge on any atom is -0.344 e. The summed E-state index contributed by atoms with van der Waals surface area (Å²) in [6.45, 7) is 1.90. The standard InChI is InChI=1S/C23H32N4O3S/c28-22(25-23-12-16-9-17(13-23)11-18(10-16)14-23)21-24-19(20-3-1-2-4-27(20)21)15-26-5-7-31(29,30)8-6-26/h1-4,16-18,29-30H,5-15H2,(H,25,28). The van der Waals surface area contributed by atoms with Crippen molar-refractivity contribution in [3.8, 4) is 0 Å². The molecule has 3 heterocycles. The van der Waals surface area contributed by atoms with Gasteiger partial charge in [0.05, 0.1) is 22.7 Å². The molecule has 7 nitrogen and oxygen atoms in total. The van der Waals surface area contributed by atoms with Gasteiger partial charge in [-0.1, -0.05) is 6.07 Å². The molecule has 3 N–H and O–H groups in total. The highest BCUT2D eigenvalue weighted by atomic mass is 32.3. The van der Waals surface area contributed by atoms with Gasteiger partial charge >= 0.3 is 0 Å². The van der Waals surface area contributed by atoms with Crippen LogP contribution in [-0.4, -0.2) is 59.4 Å². The number of hydrogen-bond acceptors (Lipinski definition) is 5. The average Bonchev–Trinajstić information content (AvgIpc) is 3.07. The first-order chi connectivity index (χ1) is 14.9. The molecule has 0 aromatic carbocycles. The first-order valence-electron chi connectivity index (χ1n) is 11.6. The molecule has 0 radical (unpaired) electrons. The lowest BCUT2D eigenvalue weighted by Gasteiger charge is -2.56. The molecule has 5 fully saturated rings. The molecule has 31 heavy (non-hydrogen) atoms. The summed E-state index contributed by atoms with van der Waals surface area (Å²) in [6, 6.07) is 5.94. The van der Waals surface area contributed by atoms with E-state index in [-0.39, 0.29) is 11.4 Å². The van der Waals surface area contributed by atoms with Crippen molar-refractivity contribution < 1.29 is 13.9 Å². The van der Waals surface area contributed by atoms with Gasteiger partial charge in [-0.2, -0.15) is 10.6 Å². The summed E-state index contributed by atoms with van der Waals surface area (Å²) >= 11 is 0. The summed E-state index contributed by atoms with van der Waals surface area (Å²) in [7, 11) is -2.42. The van der Waals surface area contributed by atoms with Crippen molar-refractivity contribution in [3.63, 3.8) is 0 Å². The van der Waals surface area contributed by atoms with Gasteiger partial charge in [-0.15, -0.1) is 0 Å². The zero-order valence-electron chi connectivity index (χ0n) is 17.9. The smallest absolute Gasteiger partial charge is 0.288 e. The molecular weight excluding hydrogens is 412 g/mol. The zero-order chi connectivity index (χ0) is 21.2. The highest BCUT2D eigenvalue weighted by molar-refractivity contribution is 8.24. The molecule has 2 aromatic heterocycles. The Kier molecular flexibility index (Phi) is 4.65. The predicted octanol–water partition coefficient (Wildman–Crippen LogP) is 3.60. The number of nitrogens with zero attached hydrogens (tertiary/aromatic N) is 3. The third-order valence-corrected chi connectivity index (χ3v) is 9.76. The van der Waals surface area contributed by atoms with Crippen molar-refractivity contribution in [2.75, 3.05) is 24.6 Å². The lowest BCUT2D eigenvalue weighted by Crippen LogP contribution is -2.60. The number of fused-ring (bicyclic) bond motifs is 1. The van der Waals surface area contributed by atoms with Crippen LogP contribution in [0.15, 0.2) is 24.4 Å². The number of rotatable bonds is 4. The minimum atomic E-state index is -2.42. The Hall–Kier alpha value is -1.61. The Labute approximate surface area is 184 Å². The summed E-state index contributed by atoms with van der Waals surface area (Å²) in [5.41, 5.74) is 1.80. The molecule has 4 bridgehead atoms. The topological polar surface area (TPSA) is 90.1 Å². The van der Waals surface area contributed by atoms with Crippen molar-refractivity contribution in [2.24, 2.45) is 17.8 Å². The fraction of sp³-hybridized carbons (Fsp3) is 0.652. The summed E-state index contributed by atoms with van der Waals surface area (Å²) in [5, 5.41) is 3.46. The number of carbonyl (C=O) groups excluding carboxylic acids is 1. The average molecular weight is 445 g/mol. The Morgan fingerprint density at radius 2 is 1.74 bits per heavy atom. The molecular formula is C23H32N4O3S. The molecule has 1 aliphatic heterocycles. The van der Waals surface area contributed by atoms with E-state index in [1.165, 1.54) is 19.3 Å². The molecule has 4 aliphatic carbocycles. The maximum Gasteiger partial charge on any atom is 0.288 e. The number of nitrogens with one attached hydrogen (secondary N) is 1. The first kappa shape index (κ1) is 20.0. The minimum absolute atomic E-state index is 0.0339. The van der Waals surface area contributed by atoms with Gasteiger partial charge in [0.2, 0.25) is 5.82 Å². The number of aromatic nitrogens is 2. The van der Waals surface area contributed by atoms with Crippen LogP contribution >= 0.6 is 10.6 Å². The van der Waals surface area contributed by atoms with E-state index >= 15 is 0 Å². The Balaban J connectivity index is 1.25. The van der Waals surface area contributed by atoms with Crippen LogP contribution in [0.25, 0.3) is 5.52 Å². The Morgan fingerprint density at radius 3 is 2.39 bits per heavy atom. The van der Waals surface area contributed by atoms with Crippen molar-refractivity contribution >= 4 is 22.0 Å². The first-order valence-corrected chi connectivity index (χ1v) is 13.5. The third kappa shape index (κ3) is 3.67. The van der Waals surface area contributed by atoms with Crippen LogP contribution < -0.4 is 5.32 Å². The molecule has 0 spiro atoms. The van der Waals surface area contributed by atoms with Gasteiger partial charge in [0, 0.05) is 31.4 Å². The number of carbonyl (C=O) groups is 1. The highest BCUT2D eigenvalue weighted by Crippen LogP contribution is 2.55. The van der Waals surface area contributed by atoms with Gasteiger partial charge in [-0.3, -0.25) is 23.2 Å². The molecule has 168 valence electrons. The maximum atomic E-state index is 13.5. The third-order valence-electron chi connectivity index (χ3n) is 8.09. The number of hydrogen-bond donors (Lipinski definition) is 3. The van der Waals surface area contributed by atoms with E-state index in [2.05, 4.69) is 10.2 Å². The number of pyridine rings is 1. The highest BCUT2D eigenvalue weighted by Gasteiger charge is 2.51. The number of amides is 1. The summed E-state index contributed by atoms with van der Waals surface area (Å²) in [4.78, 5) is 20.5. The summed E-state index contributed by atoms with van der Waals surface area (Å²) in [6.07, 6.45) is 9.36. The van der Waals surface area contributed by atoms with E-state index in [0.29, 0.717) is 37.0 Å². The van der Waals surface area contributed by atoms with Crippen molar-refractivity contribution in [2.45, 2.75) is 50.6 Å². The Morgan fingerprint density at radius 1 is 1.10 bits per heavy atom.